The van der Waals surface area contributed by atoms with Crippen molar-refractivity contribution < 1.29 is 13.5 Å². The lowest BCUT2D eigenvalue weighted by Gasteiger charge is -1.99. The standard InChI is InChI=1S/C7H9NO2S.C3H3O/c1-8-11(9,10)7-5-3-2-4-6-7;1-2-3-4/h2-6,8H,1H3;1H,3H2. The number of terminal acetylenes is 1. The van der Waals surface area contributed by atoms with Crippen molar-refractivity contribution in [2.45, 2.75) is 4.90 Å². The highest BCUT2D eigenvalue weighted by atomic mass is 32.2. The molecular formula is C10H12NO3S. The Morgan fingerprint density at radius 3 is 2.13 bits per heavy atom. The summed E-state index contributed by atoms with van der Waals surface area (Å²) in [5.74, 6) is 1.88. The van der Waals surface area contributed by atoms with Crippen LogP contribution in [0.25, 0.3) is 0 Å². The highest BCUT2D eigenvalue weighted by molar-refractivity contribution is 7.89. The Morgan fingerprint density at radius 1 is 1.33 bits per heavy atom. The molecule has 81 valence electrons. The number of sulfonamides is 1. The lowest BCUT2D eigenvalue weighted by Crippen LogP contribution is -2.18. The van der Waals surface area contributed by atoms with E-state index in [2.05, 4.69) is 11.1 Å². The molecule has 1 aromatic carbocycles. The van der Waals surface area contributed by atoms with E-state index in [-0.39, 0.29) is 0 Å². The summed E-state index contributed by atoms with van der Waals surface area (Å²) < 4.78 is 24.4. The number of rotatable bonds is 2. The second-order valence-corrected chi connectivity index (χ2v) is 4.26. The topological polar surface area (TPSA) is 66.1 Å². The van der Waals surface area contributed by atoms with E-state index in [1.807, 2.05) is 5.92 Å². The van der Waals surface area contributed by atoms with Crippen LogP contribution in [0.2, 0.25) is 0 Å². The quantitative estimate of drug-likeness (QED) is 0.752. The average Bonchev–Trinajstić information content (AvgIpc) is 2.30. The molecule has 0 bridgehead atoms. The van der Waals surface area contributed by atoms with Crippen LogP contribution >= 0.6 is 0 Å². The summed E-state index contributed by atoms with van der Waals surface area (Å²) in [6.45, 7) is -0.403. The maximum Gasteiger partial charge on any atom is 0.240 e. The van der Waals surface area contributed by atoms with Gasteiger partial charge in [0.15, 0.2) is 0 Å². The van der Waals surface area contributed by atoms with E-state index in [9.17, 15) is 8.42 Å². The van der Waals surface area contributed by atoms with Gasteiger partial charge in [0.05, 0.1) is 4.90 Å². The van der Waals surface area contributed by atoms with Crippen molar-refractivity contribution in [2.75, 3.05) is 13.7 Å². The maximum absolute atomic E-state index is 11.1. The Labute approximate surface area is 90.0 Å². The van der Waals surface area contributed by atoms with Gasteiger partial charge in [-0.15, -0.1) is 6.42 Å². The molecule has 15 heavy (non-hydrogen) atoms. The zero-order valence-corrected chi connectivity index (χ0v) is 9.12. The molecule has 0 amide bonds. The zero-order chi connectivity index (χ0) is 11.7. The number of hydrogen-bond acceptors (Lipinski definition) is 2. The summed E-state index contributed by atoms with van der Waals surface area (Å²) >= 11 is 0. The van der Waals surface area contributed by atoms with Crippen LogP contribution in [0.5, 0.6) is 0 Å². The summed E-state index contributed by atoms with van der Waals surface area (Å²) in [6.07, 6.45) is 4.47. The molecule has 0 aromatic heterocycles. The van der Waals surface area contributed by atoms with Gasteiger partial charge >= 0.3 is 0 Å². The van der Waals surface area contributed by atoms with Crippen molar-refractivity contribution in [1.29, 1.82) is 0 Å². The molecular weight excluding hydrogens is 214 g/mol. The molecule has 1 aromatic rings. The molecule has 0 atom stereocenters. The molecule has 1 N–H and O–H groups in total. The molecule has 0 saturated heterocycles. The highest BCUT2D eigenvalue weighted by Crippen LogP contribution is 2.05. The van der Waals surface area contributed by atoms with E-state index < -0.39 is 16.6 Å². The van der Waals surface area contributed by atoms with Crippen LogP contribution in [0, 0.1) is 12.3 Å². The van der Waals surface area contributed by atoms with Gasteiger partial charge in [0.25, 0.3) is 0 Å². The van der Waals surface area contributed by atoms with Gasteiger partial charge < -0.3 is 0 Å². The number of benzene rings is 1. The lowest BCUT2D eigenvalue weighted by atomic mass is 10.4. The van der Waals surface area contributed by atoms with E-state index in [1.165, 1.54) is 7.05 Å². The first-order valence-corrected chi connectivity index (χ1v) is 5.57. The molecule has 0 saturated carbocycles. The van der Waals surface area contributed by atoms with Gasteiger partial charge in [-0.25, -0.2) is 18.2 Å². The molecule has 0 spiro atoms. The van der Waals surface area contributed by atoms with E-state index in [1.54, 1.807) is 30.3 Å². The molecule has 0 aliphatic heterocycles. The van der Waals surface area contributed by atoms with Crippen LogP contribution in [0.4, 0.5) is 0 Å². The normalized spacial score (nSPS) is 9.67. The second-order valence-electron chi connectivity index (χ2n) is 2.37. The minimum Gasteiger partial charge on any atom is -0.223 e. The van der Waals surface area contributed by atoms with Crippen molar-refractivity contribution in [3.8, 4) is 12.3 Å². The molecule has 0 aliphatic rings. The molecule has 5 heteroatoms. The van der Waals surface area contributed by atoms with Gasteiger partial charge in [-0.1, -0.05) is 24.1 Å². The van der Waals surface area contributed by atoms with E-state index in [0.717, 1.165) is 0 Å². The minimum atomic E-state index is -3.25. The van der Waals surface area contributed by atoms with Gasteiger partial charge in [-0.2, -0.15) is 0 Å². The third-order valence-corrected chi connectivity index (χ3v) is 2.84. The Bertz CT molecular complexity index is 406. The Hall–Kier alpha value is -1.35. The SMILES string of the molecule is C#CC[O].CNS(=O)(=O)c1ccccc1. The van der Waals surface area contributed by atoms with Gasteiger partial charge in [-0.05, 0) is 19.2 Å². The number of hydrogen-bond donors (Lipinski definition) is 1. The third kappa shape index (κ3) is 5.18. The lowest BCUT2D eigenvalue weighted by molar-refractivity contribution is 0.239. The van der Waals surface area contributed by atoms with Crippen molar-refractivity contribution in [3.63, 3.8) is 0 Å². The fourth-order valence-electron chi connectivity index (χ4n) is 0.717. The number of nitrogens with one attached hydrogen (secondary N) is 1. The predicted molar refractivity (Wildman–Crippen MR) is 57.1 cm³/mol. The summed E-state index contributed by atoms with van der Waals surface area (Å²) in [4.78, 5) is 0.294. The summed E-state index contributed by atoms with van der Waals surface area (Å²) in [7, 11) is -1.86. The van der Waals surface area contributed by atoms with Crippen LogP contribution in [0.15, 0.2) is 35.2 Å². The zero-order valence-electron chi connectivity index (χ0n) is 8.30. The third-order valence-electron chi connectivity index (χ3n) is 1.41. The summed E-state index contributed by atoms with van der Waals surface area (Å²) in [5, 5.41) is 9.06. The predicted octanol–water partition coefficient (Wildman–Crippen LogP) is 0.645. The molecule has 4 nitrogen and oxygen atoms in total. The van der Waals surface area contributed by atoms with Crippen molar-refractivity contribution in [1.82, 2.24) is 4.72 Å². The van der Waals surface area contributed by atoms with Gasteiger partial charge in [0.2, 0.25) is 10.0 Å². The molecule has 1 radical (unpaired) electrons. The van der Waals surface area contributed by atoms with Gasteiger partial charge in [-0.3, -0.25) is 0 Å². The molecule has 0 fully saturated rings. The Morgan fingerprint density at radius 2 is 1.80 bits per heavy atom. The van der Waals surface area contributed by atoms with Crippen molar-refractivity contribution >= 4 is 10.0 Å². The van der Waals surface area contributed by atoms with Gasteiger partial charge in [0, 0.05) is 0 Å². The average molecular weight is 226 g/mol. The molecule has 0 unspecified atom stereocenters. The second kappa shape index (κ2) is 7.01. The first kappa shape index (κ1) is 13.7. The largest absolute Gasteiger partial charge is 0.240 e. The minimum absolute atomic E-state index is 0.294. The van der Waals surface area contributed by atoms with Crippen LogP contribution in [0.3, 0.4) is 0 Å². The van der Waals surface area contributed by atoms with E-state index in [0.29, 0.717) is 4.90 Å². The van der Waals surface area contributed by atoms with Crippen molar-refractivity contribution in [2.24, 2.45) is 0 Å². The fraction of sp³-hybridized carbons (Fsp3) is 0.200. The van der Waals surface area contributed by atoms with Gasteiger partial charge in [0.1, 0.15) is 6.61 Å². The fourth-order valence-corrected chi connectivity index (χ4v) is 1.47. The van der Waals surface area contributed by atoms with Crippen LogP contribution in [0.1, 0.15) is 0 Å². The first-order valence-electron chi connectivity index (χ1n) is 4.08. The highest BCUT2D eigenvalue weighted by Gasteiger charge is 2.08. The van der Waals surface area contributed by atoms with Crippen LogP contribution in [-0.2, 0) is 15.1 Å². The smallest absolute Gasteiger partial charge is 0.223 e. The summed E-state index contributed by atoms with van der Waals surface area (Å²) in [5.41, 5.74) is 0. The van der Waals surface area contributed by atoms with E-state index in [4.69, 9.17) is 5.11 Å². The molecule has 0 aliphatic carbocycles. The Kier molecular flexibility index (Phi) is 6.38. The molecule has 0 heterocycles. The maximum atomic E-state index is 11.1. The monoisotopic (exact) mass is 226 g/mol. The van der Waals surface area contributed by atoms with E-state index >= 15 is 0 Å². The van der Waals surface area contributed by atoms with Crippen molar-refractivity contribution in [3.05, 3.63) is 30.3 Å². The molecule has 1 rings (SSSR count). The van der Waals surface area contributed by atoms with Crippen LogP contribution < -0.4 is 4.72 Å². The van der Waals surface area contributed by atoms with Crippen LogP contribution in [-0.4, -0.2) is 22.1 Å². The first-order chi connectivity index (χ1) is 7.08. The summed E-state index contributed by atoms with van der Waals surface area (Å²) in [6, 6.07) is 8.24. The Balaban J connectivity index is 0.000000423.